The van der Waals surface area contributed by atoms with E-state index in [1.54, 1.807) is 27.7 Å². The first-order valence-corrected chi connectivity index (χ1v) is 10.3. The molecular weight excluding hydrogens is 464 g/mol. The summed E-state index contributed by atoms with van der Waals surface area (Å²) < 4.78 is 7.90. The van der Waals surface area contributed by atoms with E-state index < -0.39 is 33.2 Å². The van der Waals surface area contributed by atoms with Crippen LogP contribution < -0.4 is 0 Å². The van der Waals surface area contributed by atoms with Crippen molar-refractivity contribution >= 4 is 65.4 Å². The van der Waals surface area contributed by atoms with Gasteiger partial charge in [0.25, 0.3) is 0 Å². The SMILES string of the molecule is CC(C)(Br)C(=O)OC(O)CSSCC(O)OC(=O)C(C)(C)Br. The first-order chi connectivity index (χ1) is 9.84. The van der Waals surface area contributed by atoms with Gasteiger partial charge in [0.05, 0.1) is 11.5 Å². The van der Waals surface area contributed by atoms with Gasteiger partial charge in [0.1, 0.15) is 8.65 Å². The molecule has 2 unspecified atom stereocenters. The molecule has 0 aromatic heterocycles. The number of hydrogen-bond acceptors (Lipinski definition) is 8. The van der Waals surface area contributed by atoms with Crippen LogP contribution in [0.5, 0.6) is 0 Å². The standard InChI is InChI=1S/C12H20Br2O6S2/c1-11(2,13)9(17)19-7(15)5-21-22-6-8(16)20-10(18)12(3,4)14/h7-8,15-16H,5-6H2,1-4H3. The highest BCUT2D eigenvalue weighted by molar-refractivity contribution is 9.10. The molecule has 0 aliphatic heterocycles. The molecule has 0 aliphatic carbocycles. The Morgan fingerprint density at radius 3 is 1.41 bits per heavy atom. The molecule has 10 heteroatoms. The summed E-state index contributed by atoms with van der Waals surface area (Å²) in [5.41, 5.74) is 0. The molecule has 0 amide bonds. The largest absolute Gasteiger partial charge is 0.434 e. The Morgan fingerprint density at radius 2 is 1.18 bits per heavy atom. The molecule has 0 heterocycles. The van der Waals surface area contributed by atoms with Gasteiger partial charge in [-0.2, -0.15) is 0 Å². The van der Waals surface area contributed by atoms with Crippen LogP contribution in [-0.4, -0.2) is 54.9 Å². The highest BCUT2D eigenvalue weighted by Crippen LogP contribution is 2.26. The minimum absolute atomic E-state index is 0.129. The fourth-order valence-electron chi connectivity index (χ4n) is 0.808. The molecule has 0 aromatic rings. The van der Waals surface area contributed by atoms with E-state index >= 15 is 0 Å². The summed E-state index contributed by atoms with van der Waals surface area (Å²) in [6.07, 6.45) is -2.49. The van der Waals surface area contributed by atoms with Gasteiger partial charge in [-0.1, -0.05) is 53.4 Å². The van der Waals surface area contributed by atoms with Gasteiger partial charge in [-0.25, -0.2) is 0 Å². The third-order valence-electron chi connectivity index (χ3n) is 1.96. The predicted octanol–water partition coefficient (Wildman–Crippen LogP) is 2.44. The number of aliphatic hydroxyl groups is 2. The zero-order chi connectivity index (χ0) is 17.6. The van der Waals surface area contributed by atoms with Crippen molar-refractivity contribution in [1.29, 1.82) is 0 Å². The van der Waals surface area contributed by atoms with Gasteiger partial charge in [0, 0.05) is 0 Å². The molecule has 0 radical (unpaired) electrons. The Labute approximate surface area is 154 Å². The molecule has 0 saturated carbocycles. The maximum absolute atomic E-state index is 11.5. The summed E-state index contributed by atoms with van der Waals surface area (Å²) in [6, 6.07) is 0. The molecule has 2 atom stereocenters. The van der Waals surface area contributed by atoms with Gasteiger partial charge >= 0.3 is 11.9 Å². The van der Waals surface area contributed by atoms with E-state index in [4.69, 9.17) is 9.47 Å². The van der Waals surface area contributed by atoms with Gasteiger partial charge in [0.2, 0.25) is 12.6 Å². The average molecular weight is 484 g/mol. The maximum atomic E-state index is 11.5. The van der Waals surface area contributed by atoms with E-state index in [0.29, 0.717) is 0 Å². The molecule has 0 rings (SSSR count). The molecule has 130 valence electrons. The van der Waals surface area contributed by atoms with Gasteiger partial charge in [-0.15, -0.1) is 0 Å². The molecular formula is C12H20Br2O6S2. The number of carbonyl (C=O) groups is 2. The van der Waals surface area contributed by atoms with Crippen molar-refractivity contribution in [2.45, 2.75) is 48.9 Å². The first-order valence-electron chi connectivity index (χ1n) is 6.24. The average Bonchev–Trinajstić information content (AvgIpc) is 2.32. The van der Waals surface area contributed by atoms with Gasteiger partial charge < -0.3 is 19.7 Å². The smallest absolute Gasteiger partial charge is 0.324 e. The van der Waals surface area contributed by atoms with Crippen LogP contribution in [-0.2, 0) is 19.1 Å². The highest BCUT2D eigenvalue weighted by atomic mass is 79.9. The second-order valence-electron chi connectivity index (χ2n) is 5.23. The fraction of sp³-hybridized carbons (Fsp3) is 0.833. The Bertz CT molecular complexity index is 345. The zero-order valence-corrected chi connectivity index (χ0v) is 17.5. The number of aliphatic hydroxyl groups excluding tert-OH is 2. The van der Waals surface area contributed by atoms with Crippen molar-refractivity contribution in [3.8, 4) is 0 Å². The van der Waals surface area contributed by atoms with E-state index in [0.717, 1.165) is 0 Å². The van der Waals surface area contributed by atoms with Crippen molar-refractivity contribution in [3.05, 3.63) is 0 Å². The third kappa shape index (κ3) is 10.3. The third-order valence-corrected chi connectivity index (χ3v) is 4.93. The van der Waals surface area contributed by atoms with Crippen molar-refractivity contribution in [1.82, 2.24) is 0 Å². The second kappa shape index (κ2) is 9.73. The Hall–Kier alpha value is 0.520. The van der Waals surface area contributed by atoms with Crippen molar-refractivity contribution in [2.24, 2.45) is 0 Å². The maximum Gasteiger partial charge on any atom is 0.324 e. The zero-order valence-electron chi connectivity index (χ0n) is 12.7. The van der Waals surface area contributed by atoms with E-state index in [1.165, 1.54) is 21.6 Å². The van der Waals surface area contributed by atoms with Crippen molar-refractivity contribution in [2.75, 3.05) is 11.5 Å². The summed E-state index contributed by atoms with van der Waals surface area (Å²) in [7, 11) is 2.38. The number of carbonyl (C=O) groups excluding carboxylic acids is 2. The number of hydrogen-bond donors (Lipinski definition) is 2. The summed E-state index contributed by atoms with van der Waals surface area (Å²) in [6.45, 7) is 6.44. The topological polar surface area (TPSA) is 93.1 Å². The number of esters is 2. The lowest BCUT2D eigenvalue weighted by atomic mass is 10.2. The van der Waals surface area contributed by atoms with Crippen LogP contribution in [0, 0.1) is 0 Å². The molecule has 0 spiro atoms. The Balaban J connectivity index is 3.89. The van der Waals surface area contributed by atoms with Crippen LogP contribution in [0.3, 0.4) is 0 Å². The van der Waals surface area contributed by atoms with Crippen LogP contribution in [0.1, 0.15) is 27.7 Å². The predicted molar refractivity (Wildman–Crippen MR) is 95.1 cm³/mol. The molecule has 22 heavy (non-hydrogen) atoms. The molecule has 0 saturated heterocycles. The van der Waals surface area contributed by atoms with Gasteiger partial charge in [0.15, 0.2) is 0 Å². The summed E-state index contributed by atoms with van der Waals surface area (Å²) in [4.78, 5) is 23.0. The first kappa shape index (κ1) is 22.5. The molecule has 0 bridgehead atoms. The second-order valence-corrected chi connectivity index (χ2v) is 11.8. The van der Waals surface area contributed by atoms with Crippen LogP contribution in [0.15, 0.2) is 0 Å². The lowest BCUT2D eigenvalue weighted by Gasteiger charge is -2.19. The highest BCUT2D eigenvalue weighted by Gasteiger charge is 2.29. The van der Waals surface area contributed by atoms with Crippen LogP contribution in [0.25, 0.3) is 0 Å². The molecule has 0 fully saturated rings. The Kier molecular flexibility index (Phi) is 9.96. The van der Waals surface area contributed by atoms with Crippen LogP contribution in [0.2, 0.25) is 0 Å². The van der Waals surface area contributed by atoms with E-state index in [2.05, 4.69) is 31.9 Å². The summed E-state index contributed by atoms with van der Waals surface area (Å²) >= 11 is 6.26. The fourth-order valence-corrected chi connectivity index (χ4v) is 2.83. The van der Waals surface area contributed by atoms with Gasteiger partial charge in [-0.3, -0.25) is 9.59 Å². The lowest BCUT2D eigenvalue weighted by molar-refractivity contribution is -0.167. The van der Waals surface area contributed by atoms with E-state index in [-0.39, 0.29) is 11.5 Å². The minimum atomic E-state index is -1.25. The monoisotopic (exact) mass is 482 g/mol. The minimum Gasteiger partial charge on any atom is -0.434 e. The molecule has 2 N–H and O–H groups in total. The van der Waals surface area contributed by atoms with Crippen LogP contribution in [0.4, 0.5) is 0 Å². The molecule has 6 nitrogen and oxygen atoms in total. The number of alkyl halides is 2. The number of ether oxygens (including phenoxy) is 2. The summed E-state index contributed by atoms with van der Waals surface area (Å²) in [5.74, 6) is -0.882. The normalized spacial score (nSPS) is 15.1. The van der Waals surface area contributed by atoms with Crippen molar-refractivity contribution in [3.63, 3.8) is 0 Å². The van der Waals surface area contributed by atoms with Crippen molar-refractivity contribution < 1.29 is 29.3 Å². The van der Waals surface area contributed by atoms with E-state index in [9.17, 15) is 19.8 Å². The number of rotatable bonds is 9. The van der Waals surface area contributed by atoms with E-state index in [1.807, 2.05) is 0 Å². The lowest BCUT2D eigenvalue weighted by Crippen LogP contribution is -2.32. The summed E-state index contributed by atoms with van der Waals surface area (Å²) in [5, 5.41) is 19.1. The van der Waals surface area contributed by atoms with Gasteiger partial charge in [-0.05, 0) is 27.7 Å². The van der Waals surface area contributed by atoms with Crippen LogP contribution >= 0.6 is 53.4 Å². The quantitative estimate of drug-likeness (QED) is 0.170. The molecule has 0 aromatic carbocycles. The molecule has 0 aliphatic rings. The Morgan fingerprint density at radius 1 is 0.909 bits per heavy atom. The number of halogens is 2.